The molecule has 0 amide bonds. The molecule has 1 aromatic rings. The molecule has 0 saturated heterocycles. The average Bonchev–Trinajstić information content (AvgIpc) is 2.15. The molecule has 0 radical (unpaired) electrons. The highest BCUT2D eigenvalue weighted by atomic mass is 16.6. The zero-order chi connectivity index (χ0) is 9.68. The van der Waals surface area contributed by atoms with E-state index in [1.54, 1.807) is 24.4 Å². The maximum Gasteiger partial charge on any atom is 0.259 e. The van der Waals surface area contributed by atoms with Crippen molar-refractivity contribution in [2.24, 2.45) is 0 Å². The zero-order valence-corrected chi connectivity index (χ0v) is 7.10. The third kappa shape index (κ3) is 2.90. The van der Waals surface area contributed by atoms with Gasteiger partial charge >= 0.3 is 0 Å². The smallest absolute Gasteiger partial charge is 0.259 e. The van der Waals surface area contributed by atoms with E-state index in [1.165, 1.54) is 13.1 Å². The lowest BCUT2D eigenvalue weighted by atomic mass is 10.4. The second-order valence-electron chi connectivity index (χ2n) is 2.40. The van der Waals surface area contributed by atoms with Crippen LogP contribution in [0.4, 0.5) is 5.82 Å². The Bertz CT molecular complexity index is 321. The average molecular weight is 179 g/mol. The van der Waals surface area contributed by atoms with Crippen molar-refractivity contribution in [2.75, 3.05) is 5.32 Å². The molecule has 13 heavy (non-hydrogen) atoms. The number of nitrogens with zero attached hydrogens (tertiary/aromatic N) is 2. The van der Waals surface area contributed by atoms with E-state index in [1.807, 2.05) is 0 Å². The number of anilines is 1. The Hall–Kier alpha value is -1.91. The topological polar surface area (TPSA) is 68.1 Å². The molecule has 0 aliphatic rings. The molecule has 0 aliphatic carbocycles. The van der Waals surface area contributed by atoms with Gasteiger partial charge in [-0.25, -0.2) is 4.98 Å². The van der Waals surface area contributed by atoms with Crippen LogP contribution in [-0.2, 0) is 0 Å². The highest BCUT2D eigenvalue weighted by molar-refractivity contribution is 5.36. The monoisotopic (exact) mass is 179 g/mol. The van der Waals surface area contributed by atoms with Crippen LogP contribution in [0.15, 0.2) is 36.3 Å². The Balaban J connectivity index is 2.62. The number of aromatic nitrogens is 1. The van der Waals surface area contributed by atoms with Crippen LogP contribution in [0.5, 0.6) is 0 Å². The summed E-state index contributed by atoms with van der Waals surface area (Å²) in [4.78, 5) is 13.7. The summed E-state index contributed by atoms with van der Waals surface area (Å²) in [6.07, 6.45) is 2.92. The minimum atomic E-state index is -0.462. The summed E-state index contributed by atoms with van der Waals surface area (Å²) in [6.45, 7) is 1.41. The zero-order valence-electron chi connectivity index (χ0n) is 7.10. The van der Waals surface area contributed by atoms with Crippen molar-refractivity contribution >= 4 is 5.82 Å². The van der Waals surface area contributed by atoms with Crippen molar-refractivity contribution in [3.63, 3.8) is 0 Å². The minimum absolute atomic E-state index is 0.0469. The molecule has 0 saturated carbocycles. The van der Waals surface area contributed by atoms with Crippen molar-refractivity contribution in [1.29, 1.82) is 0 Å². The Morgan fingerprint density at radius 2 is 2.46 bits per heavy atom. The van der Waals surface area contributed by atoms with Gasteiger partial charge in [0.1, 0.15) is 5.82 Å². The lowest BCUT2D eigenvalue weighted by molar-refractivity contribution is -0.424. The van der Waals surface area contributed by atoms with Crippen molar-refractivity contribution < 1.29 is 4.92 Å². The molecule has 5 heteroatoms. The second kappa shape index (κ2) is 4.20. The summed E-state index contributed by atoms with van der Waals surface area (Å²) in [6, 6.07) is 5.30. The van der Waals surface area contributed by atoms with Crippen LogP contribution in [0.1, 0.15) is 6.92 Å². The molecule has 1 N–H and O–H groups in total. The predicted octanol–water partition coefficient (Wildman–Crippen LogP) is 1.63. The van der Waals surface area contributed by atoms with Gasteiger partial charge in [-0.05, 0) is 12.1 Å². The van der Waals surface area contributed by atoms with E-state index < -0.39 is 4.92 Å². The van der Waals surface area contributed by atoms with Gasteiger partial charge in [0.2, 0.25) is 0 Å². The third-order valence-corrected chi connectivity index (χ3v) is 1.38. The van der Waals surface area contributed by atoms with Crippen LogP contribution in [0, 0.1) is 10.1 Å². The molecule has 1 heterocycles. The lowest BCUT2D eigenvalue weighted by Crippen LogP contribution is -1.98. The van der Waals surface area contributed by atoms with Crippen molar-refractivity contribution in [1.82, 2.24) is 4.98 Å². The van der Waals surface area contributed by atoms with E-state index >= 15 is 0 Å². The Labute approximate surface area is 75.3 Å². The molecule has 0 atom stereocenters. The molecule has 0 bridgehead atoms. The normalized spacial score (nSPS) is 11.0. The van der Waals surface area contributed by atoms with Crippen molar-refractivity contribution in [3.8, 4) is 0 Å². The number of nitro groups is 1. The van der Waals surface area contributed by atoms with Crippen LogP contribution in [0.2, 0.25) is 0 Å². The first-order chi connectivity index (χ1) is 6.20. The third-order valence-electron chi connectivity index (χ3n) is 1.38. The number of hydrogen-bond acceptors (Lipinski definition) is 4. The number of hydrogen-bond donors (Lipinski definition) is 1. The fraction of sp³-hybridized carbons (Fsp3) is 0.125. The van der Waals surface area contributed by atoms with Gasteiger partial charge in [-0.2, -0.15) is 0 Å². The van der Waals surface area contributed by atoms with E-state index in [9.17, 15) is 10.1 Å². The molecular formula is C8H9N3O2. The molecule has 0 aromatic carbocycles. The number of rotatable bonds is 3. The first-order valence-corrected chi connectivity index (χ1v) is 3.69. The molecule has 0 aliphatic heterocycles. The van der Waals surface area contributed by atoms with Crippen LogP contribution < -0.4 is 5.32 Å². The van der Waals surface area contributed by atoms with Crippen LogP contribution in [-0.4, -0.2) is 9.91 Å². The fourth-order valence-electron chi connectivity index (χ4n) is 0.679. The molecule has 0 fully saturated rings. The van der Waals surface area contributed by atoms with Gasteiger partial charge < -0.3 is 5.32 Å². The molecule has 0 spiro atoms. The molecule has 1 rings (SSSR count). The maximum atomic E-state index is 10.2. The highest BCUT2D eigenvalue weighted by Gasteiger charge is 1.99. The van der Waals surface area contributed by atoms with Gasteiger partial charge in [0, 0.05) is 13.1 Å². The number of pyridine rings is 1. The van der Waals surface area contributed by atoms with E-state index in [-0.39, 0.29) is 5.70 Å². The van der Waals surface area contributed by atoms with Crippen molar-refractivity contribution in [3.05, 3.63) is 46.4 Å². The van der Waals surface area contributed by atoms with E-state index in [2.05, 4.69) is 10.3 Å². The Kier molecular flexibility index (Phi) is 2.97. The summed E-state index contributed by atoms with van der Waals surface area (Å²) in [5.74, 6) is 0.587. The van der Waals surface area contributed by atoms with Crippen molar-refractivity contribution in [2.45, 2.75) is 6.92 Å². The minimum Gasteiger partial charge on any atom is -0.341 e. The first-order valence-electron chi connectivity index (χ1n) is 3.69. The largest absolute Gasteiger partial charge is 0.341 e. The van der Waals surface area contributed by atoms with Gasteiger partial charge in [-0.3, -0.25) is 10.1 Å². The maximum absolute atomic E-state index is 10.2. The summed E-state index contributed by atoms with van der Waals surface area (Å²) in [7, 11) is 0. The Morgan fingerprint density at radius 1 is 1.69 bits per heavy atom. The van der Waals surface area contributed by atoms with Crippen LogP contribution >= 0.6 is 0 Å². The number of allylic oxidation sites excluding steroid dienone is 1. The van der Waals surface area contributed by atoms with Gasteiger partial charge in [0.15, 0.2) is 0 Å². The summed E-state index contributed by atoms with van der Waals surface area (Å²) < 4.78 is 0. The van der Waals surface area contributed by atoms with E-state index in [0.717, 1.165) is 0 Å². The Morgan fingerprint density at radius 3 is 3.00 bits per heavy atom. The number of nitrogens with one attached hydrogen (secondary N) is 1. The van der Waals surface area contributed by atoms with Gasteiger partial charge in [-0.1, -0.05) is 6.07 Å². The van der Waals surface area contributed by atoms with E-state index in [0.29, 0.717) is 5.82 Å². The molecular weight excluding hydrogens is 170 g/mol. The molecule has 68 valence electrons. The van der Waals surface area contributed by atoms with E-state index in [4.69, 9.17) is 0 Å². The second-order valence-corrected chi connectivity index (χ2v) is 2.40. The van der Waals surface area contributed by atoms with Gasteiger partial charge in [0.05, 0.1) is 11.1 Å². The highest BCUT2D eigenvalue weighted by Crippen LogP contribution is 2.01. The summed E-state index contributed by atoms with van der Waals surface area (Å²) >= 11 is 0. The SMILES string of the molecule is C/C(=C\Nc1ccccn1)[N+](=O)[O-]. The predicted molar refractivity (Wildman–Crippen MR) is 48.6 cm³/mol. The van der Waals surface area contributed by atoms with Crippen LogP contribution in [0.3, 0.4) is 0 Å². The fourth-order valence-corrected chi connectivity index (χ4v) is 0.679. The summed E-state index contributed by atoms with van der Waals surface area (Å²) in [5, 5.41) is 12.9. The molecule has 0 unspecified atom stereocenters. The summed E-state index contributed by atoms with van der Waals surface area (Å²) in [5.41, 5.74) is 0.0469. The van der Waals surface area contributed by atoms with Gasteiger partial charge in [0.25, 0.3) is 5.70 Å². The molecule has 5 nitrogen and oxygen atoms in total. The van der Waals surface area contributed by atoms with Gasteiger partial charge in [-0.15, -0.1) is 0 Å². The standard InChI is InChI=1S/C8H9N3O2/c1-7(11(12)13)6-10-8-4-2-3-5-9-8/h2-6H,1H3,(H,9,10)/b7-6+. The lowest BCUT2D eigenvalue weighted by Gasteiger charge is -1.96. The quantitative estimate of drug-likeness (QED) is 0.565. The van der Waals surface area contributed by atoms with Crippen LogP contribution in [0.25, 0.3) is 0 Å². The first kappa shape index (κ1) is 9.18. The molecule has 1 aromatic heterocycles.